The monoisotopic (exact) mass is 417 g/mol. The van der Waals surface area contributed by atoms with E-state index in [2.05, 4.69) is 15.3 Å². The summed E-state index contributed by atoms with van der Waals surface area (Å²) in [5, 5.41) is 2.62. The highest BCUT2D eigenvalue weighted by Gasteiger charge is 2.21. The number of fused-ring (bicyclic) bond motifs is 1. The first-order valence-corrected chi connectivity index (χ1v) is 8.75. The Labute approximate surface area is 170 Å². The predicted octanol–water partition coefficient (Wildman–Crippen LogP) is 4.24. The van der Waals surface area contributed by atoms with Gasteiger partial charge in [0.05, 0.1) is 10.7 Å². The topological polar surface area (TPSA) is 73.3 Å². The Morgan fingerprint density at radius 2 is 2.10 bits per heavy atom. The number of hydrogen-bond acceptors (Lipinski definition) is 5. The Kier molecular flexibility index (Phi) is 6.10. The zero-order valence-corrected chi connectivity index (χ0v) is 15.9. The van der Waals surface area contributed by atoms with Crippen LogP contribution in [0.3, 0.4) is 0 Å². The molecule has 0 bridgehead atoms. The third-order valence-electron chi connectivity index (χ3n) is 3.83. The zero-order valence-electron chi connectivity index (χ0n) is 15.1. The third-order valence-corrected chi connectivity index (χ3v) is 4.12. The number of pyridine rings is 2. The van der Waals surface area contributed by atoms with Crippen molar-refractivity contribution >= 4 is 23.3 Å². The molecule has 0 spiro atoms. The Hall–Kier alpha value is -3.44. The normalized spacial score (nSPS) is 14.0. The molecule has 0 unspecified atom stereocenters. The van der Waals surface area contributed by atoms with E-state index in [4.69, 9.17) is 27.5 Å². The number of ether oxygens (including phenoxy) is 2. The van der Waals surface area contributed by atoms with E-state index in [0.29, 0.717) is 41.1 Å². The first-order valence-electron chi connectivity index (χ1n) is 8.37. The van der Waals surface area contributed by atoms with E-state index in [-0.39, 0.29) is 5.82 Å². The van der Waals surface area contributed by atoms with Gasteiger partial charge in [-0.2, -0.15) is 4.39 Å². The molecular weight excluding hydrogens is 404 g/mol. The minimum atomic E-state index is -1.32. The number of anilines is 1. The summed E-state index contributed by atoms with van der Waals surface area (Å²) in [4.78, 5) is 20.6. The van der Waals surface area contributed by atoms with Crippen LogP contribution in [0.2, 0.25) is 5.02 Å². The van der Waals surface area contributed by atoms with E-state index in [1.807, 2.05) is 0 Å². The molecule has 9 heteroatoms. The fourth-order valence-corrected chi connectivity index (χ4v) is 2.72. The van der Waals surface area contributed by atoms with Gasteiger partial charge in [-0.25, -0.2) is 14.4 Å². The highest BCUT2D eigenvalue weighted by molar-refractivity contribution is 6.33. The van der Waals surface area contributed by atoms with Gasteiger partial charge in [0.2, 0.25) is 0 Å². The van der Waals surface area contributed by atoms with Crippen LogP contribution in [0.15, 0.2) is 47.7 Å². The van der Waals surface area contributed by atoms with Gasteiger partial charge in [-0.05, 0) is 25.0 Å². The molecule has 6 nitrogen and oxygen atoms in total. The average molecular weight is 418 g/mol. The smallest absolute Gasteiger partial charge is 0.263 e. The number of nitrogens with one attached hydrogen (secondary N) is 1. The van der Waals surface area contributed by atoms with Crippen molar-refractivity contribution in [1.82, 2.24) is 9.97 Å². The van der Waals surface area contributed by atoms with Gasteiger partial charge < -0.3 is 14.8 Å². The molecule has 0 aliphatic carbocycles. The summed E-state index contributed by atoms with van der Waals surface area (Å²) in [7, 11) is 0. The molecule has 3 heterocycles. The van der Waals surface area contributed by atoms with Crippen LogP contribution in [0.1, 0.15) is 6.92 Å². The number of nitrogens with zero attached hydrogens (tertiary/aromatic N) is 2. The molecule has 1 aliphatic heterocycles. The Bertz CT molecular complexity index is 1060. The van der Waals surface area contributed by atoms with Gasteiger partial charge in [0, 0.05) is 17.8 Å². The second-order valence-corrected chi connectivity index (χ2v) is 6.08. The fourth-order valence-electron chi connectivity index (χ4n) is 2.47. The van der Waals surface area contributed by atoms with Crippen LogP contribution in [-0.4, -0.2) is 29.1 Å². The number of amides is 1. The van der Waals surface area contributed by atoms with Gasteiger partial charge in [0.15, 0.2) is 11.6 Å². The lowest BCUT2D eigenvalue weighted by Gasteiger charge is -2.18. The van der Waals surface area contributed by atoms with E-state index in [1.54, 1.807) is 18.1 Å². The number of allylic oxidation sites excluding steroid dienone is 2. The summed E-state index contributed by atoms with van der Waals surface area (Å²) in [5.41, 5.74) is 0.0628. The molecule has 1 N–H and O–H groups in total. The van der Waals surface area contributed by atoms with Crippen molar-refractivity contribution in [2.45, 2.75) is 6.92 Å². The second-order valence-electron chi connectivity index (χ2n) is 5.68. The predicted molar refractivity (Wildman–Crippen MR) is 104 cm³/mol. The quantitative estimate of drug-likeness (QED) is 0.457. The summed E-state index contributed by atoms with van der Waals surface area (Å²) < 4.78 is 38.3. The van der Waals surface area contributed by atoms with Crippen LogP contribution < -0.4 is 14.8 Å². The molecule has 0 atom stereocenters. The van der Waals surface area contributed by atoms with Gasteiger partial charge in [-0.1, -0.05) is 17.7 Å². The maximum absolute atomic E-state index is 13.8. The van der Waals surface area contributed by atoms with Crippen LogP contribution >= 0.6 is 11.6 Å². The number of aromatic nitrogens is 2. The lowest BCUT2D eigenvalue weighted by Crippen LogP contribution is -2.17. The van der Waals surface area contributed by atoms with Crippen molar-refractivity contribution in [2.24, 2.45) is 0 Å². The van der Waals surface area contributed by atoms with Crippen LogP contribution in [0, 0.1) is 12.3 Å². The Balaban J connectivity index is 1.84. The van der Waals surface area contributed by atoms with Crippen molar-refractivity contribution in [1.29, 1.82) is 0 Å². The lowest BCUT2D eigenvalue weighted by atomic mass is 10.1. The van der Waals surface area contributed by atoms with Gasteiger partial charge in [-0.3, -0.25) is 4.79 Å². The van der Waals surface area contributed by atoms with Crippen molar-refractivity contribution in [2.75, 3.05) is 18.5 Å². The van der Waals surface area contributed by atoms with Crippen molar-refractivity contribution < 1.29 is 23.0 Å². The first-order chi connectivity index (χ1) is 13.9. The molecule has 0 fully saturated rings. The minimum absolute atomic E-state index is 0.0543. The summed E-state index contributed by atoms with van der Waals surface area (Å²) in [6, 6.07) is 4.61. The van der Waals surface area contributed by atoms with Crippen molar-refractivity contribution in [3.63, 3.8) is 0 Å². The largest absolute Gasteiger partial charge is 0.484 e. The van der Waals surface area contributed by atoms with E-state index < -0.39 is 23.1 Å². The summed E-state index contributed by atoms with van der Waals surface area (Å²) in [6.45, 7) is 2.09. The van der Waals surface area contributed by atoms with Gasteiger partial charge in [-0.15, -0.1) is 6.42 Å². The van der Waals surface area contributed by atoms with E-state index in [0.717, 1.165) is 6.08 Å². The number of halogens is 3. The maximum atomic E-state index is 13.8. The fraction of sp³-hybridized carbons (Fsp3) is 0.150. The average Bonchev–Trinajstić information content (AvgIpc) is 2.73. The zero-order chi connectivity index (χ0) is 21.0. The first kappa shape index (κ1) is 20.3. The molecule has 0 radical (unpaired) electrons. The Morgan fingerprint density at radius 3 is 2.76 bits per heavy atom. The van der Waals surface area contributed by atoms with Crippen LogP contribution in [-0.2, 0) is 4.79 Å². The number of carbonyl (C=O) groups excluding carboxylic acids is 1. The van der Waals surface area contributed by atoms with E-state index >= 15 is 0 Å². The molecule has 0 saturated carbocycles. The molecule has 2 aromatic heterocycles. The van der Waals surface area contributed by atoms with Crippen LogP contribution in [0.4, 0.5) is 14.6 Å². The SMILES string of the molecule is C#C/C(F)=C(C(=O)Nc1ccc(-c2nc3c(cc2Cl)OCCO3)cn1)\C(F)=C/C. The lowest BCUT2D eigenvalue weighted by molar-refractivity contribution is -0.112. The highest BCUT2D eigenvalue weighted by atomic mass is 35.5. The summed E-state index contributed by atoms with van der Waals surface area (Å²) in [5.74, 6) is -1.03. The molecule has 0 saturated heterocycles. The number of terminal acetylenes is 1. The number of hydrogen-bond donors (Lipinski definition) is 1. The Morgan fingerprint density at radius 1 is 1.34 bits per heavy atom. The summed E-state index contributed by atoms with van der Waals surface area (Å²) in [6.07, 6.45) is 7.26. The second kappa shape index (κ2) is 8.71. The van der Waals surface area contributed by atoms with Gasteiger partial charge in [0.1, 0.15) is 30.4 Å². The number of rotatable bonds is 4. The van der Waals surface area contributed by atoms with Crippen molar-refractivity contribution in [3.05, 3.63) is 52.7 Å². The maximum Gasteiger partial charge on any atom is 0.263 e. The molecule has 0 aromatic carbocycles. The molecule has 29 heavy (non-hydrogen) atoms. The van der Waals surface area contributed by atoms with E-state index in [9.17, 15) is 13.6 Å². The highest BCUT2D eigenvalue weighted by Crippen LogP contribution is 2.36. The van der Waals surface area contributed by atoms with Crippen molar-refractivity contribution in [3.8, 4) is 35.2 Å². The molecule has 3 rings (SSSR count). The summed E-state index contributed by atoms with van der Waals surface area (Å²) >= 11 is 6.25. The standard InChI is InChI=1S/C20H14ClF2N3O3/c1-3-13(22)17(14(23)4-2)19(27)25-16-6-5-11(10-24-16)18-12(21)9-15-20(26-18)29-8-7-28-15/h1,4-6,9-10H,7-8H2,2H3,(H,24,25,27)/b14-4+,17-13-. The molecule has 1 amide bonds. The molecule has 2 aromatic rings. The molecule has 148 valence electrons. The van der Waals surface area contributed by atoms with E-state index in [1.165, 1.54) is 19.2 Å². The van der Waals surface area contributed by atoms with Gasteiger partial charge in [0.25, 0.3) is 11.8 Å². The van der Waals surface area contributed by atoms with Gasteiger partial charge >= 0.3 is 0 Å². The molecular formula is C20H14ClF2N3O3. The van der Waals surface area contributed by atoms with Crippen LogP contribution in [0.25, 0.3) is 11.3 Å². The van der Waals surface area contributed by atoms with Crippen LogP contribution in [0.5, 0.6) is 11.6 Å². The number of carbonyl (C=O) groups is 1. The molecule has 1 aliphatic rings. The minimum Gasteiger partial charge on any atom is -0.484 e. The third kappa shape index (κ3) is 4.36.